The van der Waals surface area contributed by atoms with E-state index >= 15 is 0 Å². The average molecular weight is 159 g/mol. The molecule has 1 rings (SSSR count). The Morgan fingerprint density at radius 1 is 1.58 bits per heavy atom. The number of hydrogen-bond donors (Lipinski definition) is 2. The fourth-order valence-corrected chi connectivity index (χ4v) is 0.985. The summed E-state index contributed by atoms with van der Waals surface area (Å²) >= 11 is 0. The molecule has 12 heavy (non-hydrogen) atoms. The SMILES string of the molecule is Cc1ccc(C(=N)N)c(C#N)c1. The van der Waals surface area contributed by atoms with Gasteiger partial charge in [0.1, 0.15) is 5.84 Å². The average Bonchev–Trinajstić information content (AvgIpc) is 2.03. The summed E-state index contributed by atoms with van der Waals surface area (Å²) in [6.07, 6.45) is 0. The summed E-state index contributed by atoms with van der Waals surface area (Å²) < 4.78 is 0. The van der Waals surface area contributed by atoms with Crippen LogP contribution in [-0.2, 0) is 0 Å². The van der Waals surface area contributed by atoms with Crippen LogP contribution in [-0.4, -0.2) is 5.84 Å². The number of nitrogens with one attached hydrogen (secondary N) is 1. The van der Waals surface area contributed by atoms with E-state index in [1.807, 2.05) is 19.1 Å². The molecule has 3 heteroatoms. The molecule has 0 amide bonds. The van der Waals surface area contributed by atoms with E-state index in [0.29, 0.717) is 11.1 Å². The minimum absolute atomic E-state index is 0.0634. The lowest BCUT2D eigenvalue weighted by atomic mass is 10.1. The smallest absolute Gasteiger partial charge is 0.124 e. The number of nitriles is 1. The molecule has 0 spiro atoms. The molecule has 60 valence electrons. The normalized spacial score (nSPS) is 9.00. The molecule has 0 radical (unpaired) electrons. The van der Waals surface area contributed by atoms with E-state index in [1.54, 1.807) is 12.1 Å². The molecular weight excluding hydrogens is 150 g/mol. The highest BCUT2D eigenvalue weighted by Gasteiger charge is 2.03. The standard InChI is InChI=1S/C9H9N3/c1-6-2-3-8(9(11)12)7(4-6)5-10/h2-4H,1H3,(H3,11,12). The first-order chi connectivity index (χ1) is 5.65. The Hall–Kier alpha value is -1.82. The highest BCUT2D eigenvalue weighted by Crippen LogP contribution is 2.09. The zero-order valence-corrected chi connectivity index (χ0v) is 6.76. The molecule has 0 fully saturated rings. The molecule has 0 aliphatic rings. The van der Waals surface area contributed by atoms with E-state index in [1.165, 1.54) is 0 Å². The number of nitrogen functional groups attached to an aromatic ring is 1. The number of rotatable bonds is 1. The number of nitrogens with two attached hydrogens (primary N) is 1. The van der Waals surface area contributed by atoms with Crippen molar-refractivity contribution >= 4 is 5.84 Å². The van der Waals surface area contributed by atoms with Gasteiger partial charge in [0, 0.05) is 5.56 Å². The van der Waals surface area contributed by atoms with Gasteiger partial charge in [0.15, 0.2) is 0 Å². The Morgan fingerprint density at radius 2 is 2.25 bits per heavy atom. The number of amidine groups is 1. The number of hydrogen-bond acceptors (Lipinski definition) is 2. The fraction of sp³-hybridized carbons (Fsp3) is 0.111. The van der Waals surface area contributed by atoms with Gasteiger partial charge >= 0.3 is 0 Å². The molecule has 3 nitrogen and oxygen atoms in total. The van der Waals surface area contributed by atoms with Crippen molar-refractivity contribution in [2.24, 2.45) is 5.73 Å². The number of nitrogens with zero attached hydrogens (tertiary/aromatic N) is 1. The zero-order chi connectivity index (χ0) is 9.14. The minimum Gasteiger partial charge on any atom is -0.384 e. The van der Waals surface area contributed by atoms with Gasteiger partial charge in [-0.2, -0.15) is 5.26 Å². The predicted molar refractivity (Wildman–Crippen MR) is 46.9 cm³/mol. The van der Waals surface area contributed by atoms with Gasteiger partial charge in [-0.05, 0) is 24.6 Å². The van der Waals surface area contributed by atoms with Crippen LogP contribution in [0.25, 0.3) is 0 Å². The fourth-order valence-electron chi connectivity index (χ4n) is 0.985. The summed E-state index contributed by atoms with van der Waals surface area (Å²) in [5.74, 6) is -0.0634. The monoisotopic (exact) mass is 159 g/mol. The van der Waals surface area contributed by atoms with Gasteiger partial charge in [-0.3, -0.25) is 5.41 Å². The van der Waals surface area contributed by atoms with E-state index < -0.39 is 0 Å². The molecule has 3 N–H and O–H groups in total. The van der Waals surface area contributed by atoms with E-state index in [2.05, 4.69) is 0 Å². The van der Waals surface area contributed by atoms with E-state index in [-0.39, 0.29) is 5.84 Å². The first-order valence-electron chi connectivity index (χ1n) is 3.50. The maximum atomic E-state index is 8.69. The largest absolute Gasteiger partial charge is 0.384 e. The van der Waals surface area contributed by atoms with Crippen molar-refractivity contribution in [3.8, 4) is 6.07 Å². The van der Waals surface area contributed by atoms with Crippen LogP contribution < -0.4 is 5.73 Å². The third kappa shape index (κ3) is 1.43. The van der Waals surface area contributed by atoms with Gasteiger partial charge in [0.25, 0.3) is 0 Å². The first-order valence-corrected chi connectivity index (χ1v) is 3.50. The topological polar surface area (TPSA) is 73.7 Å². The molecule has 0 aliphatic carbocycles. The highest BCUT2D eigenvalue weighted by atomic mass is 14.7. The van der Waals surface area contributed by atoms with Crippen LogP contribution in [0.5, 0.6) is 0 Å². The quantitative estimate of drug-likeness (QED) is 0.476. The van der Waals surface area contributed by atoms with Crippen LogP contribution in [0.2, 0.25) is 0 Å². The molecule has 0 unspecified atom stereocenters. The van der Waals surface area contributed by atoms with E-state index in [0.717, 1.165) is 5.56 Å². The molecule has 0 aliphatic heterocycles. The summed E-state index contributed by atoms with van der Waals surface area (Å²) in [5, 5.41) is 15.9. The Morgan fingerprint density at radius 3 is 2.75 bits per heavy atom. The van der Waals surface area contributed by atoms with Crippen molar-refractivity contribution in [1.29, 1.82) is 10.7 Å². The van der Waals surface area contributed by atoms with Crippen LogP contribution in [0, 0.1) is 23.7 Å². The molecule has 0 atom stereocenters. The van der Waals surface area contributed by atoms with E-state index in [4.69, 9.17) is 16.4 Å². The van der Waals surface area contributed by atoms with Gasteiger partial charge < -0.3 is 5.73 Å². The third-order valence-corrected chi connectivity index (χ3v) is 1.59. The Bertz CT molecular complexity index is 361. The Balaban J connectivity index is 3.32. The van der Waals surface area contributed by atoms with E-state index in [9.17, 15) is 0 Å². The third-order valence-electron chi connectivity index (χ3n) is 1.59. The summed E-state index contributed by atoms with van der Waals surface area (Å²) in [5.41, 5.74) is 7.23. The Labute approximate surface area is 70.9 Å². The van der Waals surface area contributed by atoms with Gasteiger partial charge in [-0.1, -0.05) is 6.07 Å². The van der Waals surface area contributed by atoms with Crippen molar-refractivity contribution in [1.82, 2.24) is 0 Å². The molecule has 0 saturated heterocycles. The number of aryl methyl sites for hydroxylation is 1. The minimum atomic E-state index is -0.0634. The molecule has 1 aromatic rings. The lowest BCUT2D eigenvalue weighted by Crippen LogP contribution is -2.12. The van der Waals surface area contributed by atoms with Crippen molar-refractivity contribution in [3.63, 3.8) is 0 Å². The molecule has 0 saturated carbocycles. The molecule has 0 heterocycles. The second-order valence-electron chi connectivity index (χ2n) is 2.57. The summed E-state index contributed by atoms with van der Waals surface area (Å²) in [6, 6.07) is 7.24. The van der Waals surface area contributed by atoms with Gasteiger partial charge in [-0.25, -0.2) is 0 Å². The van der Waals surface area contributed by atoms with Crippen LogP contribution in [0.4, 0.5) is 0 Å². The van der Waals surface area contributed by atoms with Crippen LogP contribution in [0.1, 0.15) is 16.7 Å². The highest BCUT2D eigenvalue weighted by molar-refractivity contribution is 5.97. The Kier molecular flexibility index (Phi) is 2.11. The maximum Gasteiger partial charge on any atom is 0.124 e. The summed E-state index contributed by atoms with van der Waals surface area (Å²) in [7, 11) is 0. The lowest BCUT2D eigenvalue weighted by molar-refractivity contribution is 1.36. The van der Waals surface area contributed by atoms with Crippen LogP contribution in [0.3, 0.4) is 0 Å². The van der Waals surface area contributed by atoms with Crippen molar-refractivity contribution in [2.75, 3.05) is 0 Å². The molecule has 0 aromatic heterocycles. The van der Waals surface area contributed by atoms with Crippen LogP contribution in [0.15, 0.2) is 18.2 Å². The first kappa shape index (κ1) is 8.28. The second-order valence-corrected chi connectivity index (χ2v) is 2.57. The summed E-state index contributed by atoms with van der Waals surface area (Å²) in [4.78, 5) is 0. The van der Waals surface area contributed by atoms with Gasteiger partial charge in [-0.15, -0.1) is 0 Å². The second kappa shape index (κ2) is 3.05. The van der Waals surface area contributed by atoms with Gasteiger partial charge in [0.05, 0.1) is 11.6 Å². The zero-order valence-electron chi connectivity index (χ0n) is 6.76. The molecule has 0 bridgehead atoms. The predicted octanol–water partition coefficient (Wildman–Crippen LogP) is 1.15. The van der Waals surface area contributed by atoms with Crippen molar-refractivity contribution in [3.05, 3.63) is 34.9 Å². The molecule has 1 aromatic carbocycles. The van der Waals surface area contributed by atoms with Crippen molar-refractivity contribution in [2.45, 2.75) is 6.92 Å². The van der Waals surface area contributed by atoms with Crippen molar-refractivity contribution < 1.29 is 0 Å². The van der Waals surface area contributed by atoms with Gasteiger partial charge in [0.2, 0.25) is 0 Å². The maximum absolute atomic E-state index is 8.69. The number of benzene rings is 1. The lowest BCUT2D eigenvalue weighted by Gasteiger charge is -2.01. The summed E-state index contributed by atoms with van der Waals surface area (Å²) in [6.45, 7) is 1.89. The molecular formula is C9H9N3. The van der Waals surface area contributed by atoms with Crippen LogP contribution >= 0.6 is 0 Å².